The van der Waals surface area contributed by atoms with Crippen molar-refractivity contribution in [3.63, 3.8) is 0 Å². The second-order valence-electron chi connectivity index (χ2n) is 5.43. The van der Waals surface area contributed by atoms with Gasteiger partial charge < -0.3 is 18.9 Å². The van der Waals surface area contributed by atoms with Gasteiger partial charge in [-0.2, -0.15) is 0 Å². The van der Waals surface area contributed by atoms with Crippen LogP contribution in [0.25, 0.3) is 0 Å². The Morgan fingerprint density at radius 3 is 1.87 bits per heavy atom. The van der Waals surface area contributed by atoms with Crippen LogP contribution in [0.1, 0.15) is 40.5 Å². The van der Waals surface area contributed by atoms with Crippen LogP contribution in [0.2, 0.25) is 0 Å². The molecular weight excluding hydrogens is 308 g/mol. The van der Waals surface area contributed by atoms with Gasteiger partial charge in [0.25, 0.3) is 5.79 Å². The fraction of sp³-hybridized carbons (Fsp3) is 0.733. The minimum Gasteiger partial charge on any atom is -0.465 e. The maximum atomic E-state index is 11.9. The van der Waals surface area contributed by atoms with Gasteiger partial charge in [0.15, 0.2) is 11.8 Å². The van der Waals surface area contributed by atoms with E-state index in [0.717, 1.165) is 0 Å². The van der Waals surface area contributed by atoms with Crippen LogP contribution in [-0.2, 0) is 38.1 Å². The van der Waals surface area contributed by atoms with Crippen molar-refractivity contribution in [1.29, 1.82) is 0 Å². The third-order valence-corrected chi connectivity index (χ3v) is 3.15. The van der Waals surface area contributed by atoms with E-state index in [1.54, 1.807) is 13.8 Å². The summed E-state index contributed by atoms with van der Waals surface area (Å²) < 4.78 is 19.6. The van der Waals surface area contributed by atoms with Crippen LogP contribution in [0.3, 0.4) is 0 Å². The first kappa shape index (κ1) is 18.9. The molecule has 0 aromatic rings. The van der Waals surface area contributed by atoms with E-state index < -0.39 is 41.5 Å². The van der Waals surface area contributed by atoms with E-state index in [9.17, 15) is 19.2 Å². The van der Waals surface area contributed by atoms with Crippen LogP contribution < -0.4 is 0 Å². The van der Waals surface area contributed by atoms with Gasteiger partial charge in [0.2, 0.25) is 0 Å². The zero-order valence-electron chi connectivity index (χ0n) is 13.7. The number of cyclic esters (lactones) is 2. The molecule has 0 amide bonds. The van der Waals surface area contributed by atoms with Gasteiger partial charge in [0, 0.05) is 13.8 Å². The van der Waals surface area contributed by atoms with Gasteiger partial charge in [0.1, 0.15) is 0 Å². The fourth-order valence-corrected chi connectivity index (χ4v) is 2.13. The predicted octanol–water partition coefficient (Wildman–Crippen LogP) is 0.961. The molecule has 0 aliphatic carbocycles. The maximum Gasteiger partial charge on any atom is 0.323 e. The molecule has 0 aromatic carbocycles. The molecule has 1 saturated heterocycles. The van der Waals surface area contributed by atoms with Gasteiger partial charge in [-0.1, -0.05) is 0 Å². The minimum absolute atomic E-state index is 0.0734. The predicted molar refractivity (Wildman–Crippen MR) is 75.7 cm³/mol. The molecule has 1 heterocycles. The van der Waals surface area contributed by atoms with E-state index in [4.69, 9.17) is 18.9 Å². The summed E-state index contributed by atoms with van der Waals surface area (Å²) in [5.74, 6) is -6.64. The van der Waals surface area contributed by atoms with E-state index >= 15 is 0 Å². The van der Waals surface area contributed by atoms with Gasteiger partial charge in [-0.3, -0.25) is 19.2 Å². The number of carbonyl (C=O) groups is 4. The first-order valence-corrected chi connectivity index (χ1v) is 7.50. The molecule has 0 unspecified atom stereocenters. The molecule has 1 rings (SSSR count). The van der Waals surface area contributed by atoms with E-state index in [0.29, 0.717) is 0 Å². The molecule has 130 valence electrons. The zero-order valence-corrected chi connectivity index (χ0v) is 13.7. The Bertz CT molecular complexity index is 444. The van der Waals surface area contributed by atoms with Crippen molar-refractivity contribution in [2.75, 3.05) is 13.2 Å². The standard InChI is InChI=1S/C15H22O8/c1-5-20-11(16)9(12(17)21-6-2)7-8-10-13(18)22-15(3,4)23-14(10)19/h9-10H,5-8H2,1-4H3. The largest absolute Gasteiger partial charge is 0.465 e. The molecule has 8 nitrogen and oxygen atoms in total. The van der Waals surface area contributed by atoms with Gasteiger partial charge in [0.05, 0.1) is 13.2 Å². The van der Waals surface area contributed by atoms with E-state index in [1.165, 1.54) is 13.8 Å². The van der Waals surface area contributed by atoms with Crippen molar-refractivity contribution in [1.82, 2.24) is 0 Å². The SMILES string of the molecule is CCOC(=O)C(CCC1C(=O)OC(C)(C)OC1=O)C(=O)OCC. The topological polar surface area (TPSA) is 105 Å². The average Bonchev–Trinajstić information content (AvgIpc) is 2.41. The van der Waals surface area contributed by atoms with Crippen LogP contribution in [0.15, 0.2) is 0 Å². The summed E-state index contributed by atoms with van der Waals surface area (Å²) in [6.07, 6.45) is -0.150. The monoisotopic (exact) mass is 330 g/mol. The molecule has 8 heteroatoms. The highest BCUT2D eigenvalue weighted by Gasteiger charge is 2.44. The summed E-state index contributed by atoms with van der Waals surface area (Å²) in [6.45, 7) is 6.32. The lowest BCUT2D eigenvalue weighted by atomic mass is 9.95. The highest BCUT2D eigenvalue weighted by molar-refractivity contribution is 5.97. The molecule has 0 N–H and O–H groups in total. The molecule has 1 fully saturated rings. The van der Waals surface area contributed by atoms with Crippen molar-refractivity contribution in [3.05, 3.63) is 0 Å². The van der Waals surface area contributed by atoms with Crippen molar-refractivity contribution in [2.45, 2.75) is 46.3 Å². The molecule has 1 aliphatic heterocycles. The van der Waals surface area contributed by atoms with Crippen molar-refractivity contribution < 1.29 is 38.1 Å². The van der Waals surface area contributed by atoms with Gasteiger partial charge >= 0.3 is 23.9 Å². The summed E-state index contributed by atoms with van der Waals surface area (Å²) >= 11 is 0. The molecule has 0 aromatic heterocycles. The maximum absolute atomic E-state index is 11.9. The van der Waals surface area contributed by atoms with E-state index in [-0.39, 0.29) is 26.1 Å². The molecule has 0 saturated carbocycles. The van der Waals surface area contributed by atoms with Gasteiger partial charge in [-0.15, -0.1) is 0 Å². The number of carbonyl (C=O) groups excluding carboxylic acids is 4. The summed E-state index contributed by atoms with van der Waals surface area (Å²) in [4.78, 5) is 47.4. The Labute approximate surface area is 134 Å². The third-order valence-electron chi connectivity index (χ3n) is 3.15. The molecule has 1 aliphatic rings. The van der Waals surface area contributed by atoms with E-state index in [2.05, 4.69) is 0 Å². The number of rotatable bonds is 7. The Morgan fingerprint density at radius 2 is 1.48 bits per heavy atom. The lowest BCUT2D eigenvalue weighted by molar-refractivity contribution is -0.240. The first-order valence-electron chi connectivity index (χ1n) is 7.50. The minimum atomic E-state index is -1.31. The quantitative estimate of drug-likeness (QED) is 0.386. The third kappa shape index (κ3) is 5.22. The Hall–Kier alpha value is -2.12. The Morgan fingerprint density at radius 1 is 1.04 bits per heavy atom. The Balaban J connectivity index is 2.74. The Kier molecular flexibility index (Phi) is 6.53. The molecular formula is C15H22O8. The van der Waals surface area contributed by atoms with E-state index in [1.807, 2.05) is 0 Å². The summed E-state index contributed by atoms with van der Waals surface area (Å²) in [6, 6.07) is 0. The molecule has 23 heavy (non-hydrogen) atoms. The normalized spacial score (nSPS) is 17.4. The molecule has 0 bridgehead atoms. The molecule has 0 radical (unpaired) electrons. The lowest BCUT2D eigenvalue weighted by Gasteiger charge is -2.33. The van der Waals surface area contributed by atoms with Crippen molar-refractivity contribution >= 4 is 23.9 Å². The highest BCUT2D eigenvalue weighted by Crippen LogP contribution is 2.27. The average molecular weight is 330 g/mol. The fourth-order valence-electron chi connectivity index (χ4n) is 2.13. The lowest BCUT2D eigenvalue weighted by Crippen LogP contribution is -2.46. The first-order chi connectivity index (χ1) is 10.7. The van der Waals surface area contributed by atoms with Crippen molar-refractivity contribution in [3.8, 4) is 0 Å². The number of esters is 4. The summed E-state index contributed by atoms with van der Waals surface area (Å²) in [5, 5.41) is 0. The summed E-state index contributed by atoms with van der Waals surface area (Å²) in [5.41, 5.74) is 0. The van der Waals surface area contributed by atoms with Crippen LogP contribution >= 0.6 is 0 Å². The summed E-state index contributed by atoms with van der Waals surface area (Å²) in [7, 11) is 0. The zero-order chi connectivity index (χ0) is 17.6. The van der Waals surface area contributed by atoms with Gasteiger partial charge in [-0.05, 0) is 26.7 Å². The second-order valence-corrected chi connectivity index (χ2v) is 5.43. The molecule has 0 atom stereocenters. The number of hydrogen-bond acceptors (Lipinski definition) is 8. The van der Waals surface area contributed by atoms with Gasteiger partial charge in [-0.25, -0.2) is 0 Å². The highest BCUT2D eigenvalue weighted by atomic mass is 16.7. The molecule has 0 spiro atoms. The van der Waals surface area contributed by atoms with Crippen LogP contribution in [0.4, 0.5) is 0 Å². The van der Waals surface area contributed by atoms with Crippen LogP contribution in [0, 0.1) is 11.8 Å². The van der Waals surface area contributed by atoms with Crippen LogP contribution in [0.5, 0.6) is 0 Å². The number of hydrogen-bond donors (Lipinski definition) is 0. The second kappa shape index (κ2) is 7.94. The smallest absolute Gasteiger partial charge is 0.323 e. The van der Waals surface area contributed by atoms with Crippen LogP contribution in [-0.4, -0.2) is 42.9 Å². The number of ether oxygens (including phenoxy) is 4. The van der Waals surface area contributed by atoms with Crippen molar-refractivity contribution in [2.24, 2.45) is 11.8 Å².